The molecule has 2 heterocycles. The van der Waals surface area contributed by atoms with Gasteiger partial charge in [0.25, 0.3) is 0 Å². The number of carbonyl (C=O) groups is 1. The zero-order valence-corrected chi connectivity index (χ0v) is 21.0. The zero-order chi connectivity index (χ0) is 28.2. The molecule has 0 aromatic carbocycles. The third kappa shape index (κ3) is 5.37. The van der Waals surface area contributed by atoms with Gasteiger partial charge in [0.1, 0.15) is 17.7 Å². The van der Waals surface area contributed by atoms with Crippen molar-refractivity contribution < 1.29 is 31.1 Å². The minimum Gasteiger partial charge on any atom is -0.369 e. The molecule has 4 saturated carbocycles. The number of halogens is 6. The van der Waals surface area contributed by atoms with Crippen LogP contribution >= 0.6 is 0 Å². The van der Waals surface area contributed by atoms with E-state index in [1.807, 2.05) is 0 Å². The maximum absolute atomic E-state index is 14.1. The van der Waals surface area contributed by atoms with Gasteiger partial charge in [-0.25, -0.2) is 4.98 Å². The van der Waals surface area contributed by atoms with Crippen LogP contribution in [0, 0.1) is 34.6 Å². The molecule has 4 bridgehead atoms. The van der Waals surface area contributed by atoms with Crippen molar-refractivity contribution in [3.63, 3.8) is 0 Å². The van der Waals surface area contributed by atoms with Gasteiger partial charge in [0.05, 0.1) is 12.1 Å². The zero-order valence-electron chi connectivity index (χ0n) is 21.0. The highest BCUT2D eigenvalue weighted by molar-refractivity contribution is 5.86. The van der Waals surface area contributed by atoms with Crippen molar-refractivity contribution in [3.8, 4) is 6.19 Å². The quantitative estimate of drug-likeness (QED) is 0.249. The number of primary amides is 1. The summed E-state index contributed by atoms with van der Waals surface area (Å²) in [4.78, 5) is 22.3. The lowest BCUT2D eigenvalue weighted by Crippen LogP contribution is -2.64. The number of nitriles is 1. The Bertz CT molecular complexity index is 1150. The summed E-state index contributed by atoms with van der Waals surface area (Å²) in [6, 6.07) is -0.186. The van der Waals surface area contributed by atoms with Crippen molar-refractivity contribution in [2.24, 2.45) is 33.9 Å². The number of nitrogens with one attached hydrogen (secondary N) is 1. The molecule has 1 amide bonds. The van der Waals surface area contributed by atoms with E-state index in [1.165, 1.54) is 9.80 Å². The summed E-state index contributed by atoms with van der Waals surface area (Å²) in [5.41, 5.74) is 4.25. The average Bonchev–Trinajstić information content (AvgIpc) is 2.85. The molecule has 3 N–H and O–H groups in total. The number of nitrogens with two attached hydrogens (primary N) is 1. The Labute approximate surface area is 221 Å². The van der Waals surface area contributed by atoms with E-state index in [9.17, 15) is 36.4 Å². The van der Waals surface area contributed by atoms with E-state index in [0.717, 1.165) is 31.4 Å². The first-order chi connectivity index (χ1) is 18.3. The van der Waals surface area contributed by atoms with E-state index >= 15 is 0 Å². The van der Waals surface area contributed by atoms with Crippen LogP contribution in [0.2, 0.25) is 0 Å². The van der Waals surface area contributed by atoms with Gasteiger partial charge in [0, 0.05) is 37.3 Å². The van der Waals surface area contributed by atoms with Gasteiger partial charge in [-0.2, -0.15) is 36.6 Å². The van der Waals surface area contributed by atoms with E-state index in [0.29, 0.717) is 25.0 Å². The van der Waals surface area contributed by atoms with E-state index in [2.05, 4.69) is 15.3 Å². The number of aromatic nitrogens is 1. The Morgan fingerprint density at radius 2 is 1.85 bits per heavy atom. The third-order valence-corrected chi connectivity index (χ3v) is 8.94. The van der Waals surface area contributed by atoms with Crippen LogP contribution in [-0.4, -0.2) is 66.1 Å². The molecule has 14 heteroatoms. The summed E-state index contributed by atoms with van der Waals surface area (Å²) < 4.78 is 81.0. The SMILES string of the molecule is N#C/N=C(\CN1CCN(c2ccc(C(F)(F)F)cn2)CC1C(F)(F)F)NC1C2CC3CC1CC(C(N)=O)(C3)C2. The van der Waals surface area contributed by atoms with Gasteiger partial charge >= 0.3 is 12.4 Å². The van der Waals surface area contributed by atoms with Gasteiger partial charge in [-0.3, -0.25) is 9.69 Å². The Hall–Kier alpha value is -3.08. The lowest BCUT2D eigenvalue weighted by Gasteiger charge is -2.59. The second-order valence-electron chi connectivity index (χ2n) is 11.3. The molecule has 3 atom stereocenters. The van der Waals surface area contributed by atoms with Crippen LogP contribution in [0.1, 0.15) is 37.7 Å². The summed E-state index contributed by atoms with van der Waals surface area (Å²) in [5, 5.41) is 12.6. The van der Waals surface area contributed by atoms with Gasteiger partial charge < -0.3 is 16.0 Å². The molecule has 5 fully saturated rings. The van der Waals surface area contributed by atoms with Crippen LogP contribution in [0.25, 0.3) is 0 Å². The Morgan fingerprint density at radius 1 is 1.15 bits per heavy atom. The predicted octanol–water partition coefficient (Wildman–Crippen LogP) is 3.30. The highest BCUT2D eigenvalue weighted by Gasteiger charge is 2.58. The van der Waals surface area contributed by atoms with Gasteiger partial charge in [-0.1, -0.05) is 0 Å². The fourth-order valence-electron chi connectivity index (χ4n) is 7.39. The smallest absolute Gasteiger partial charge is 0.369 e. The minimum absolute atomic E-state index is 0.0258. The highest BCUT2D eigenvalue weighted by atomic mass is 19.4. The van der Waals surface area contributed by atoms with Crippen LogP contribution in [0.15, 0.2) is 23.3 Å². The molecule has 0 radical (unpaired) electrons. The van der Waals surface area contributed by atoms with Crippen LogP contribution in [-0.2, 0) is 11.0 Å². The number of carbonyl (C=O) groups excluding carboxylic acids is 1. The molecular weight excluding hydrogens is 528 g/mol. The minimum atomic E-state index is -4.64. The van der Waals surface area contributed by atoms with E-state index in [4.69, 9.17) is 5.73 Å². The van der Waals surface area contributed by atoms with Crippen LogP contribution < -0.4 is 16.0 Å². The number of nitrogens with zero attached hydrogens (tertiary/aromatic N) is 5. The van der Waals surface area contributed by atoms with E-state index in [1.54, 1.807) is 6.19 Å². The normalized spacial score (nSPS) is 33.2. The second kappa shape index (κ2) is 9.83. The van der Waals surface area contributed by atoms with Gasteiger partial charge in [0.2, 0.25) is 12.1 Å². The average molecular weight is 558 g/mol. The van der Waals surface area contributed by atoms with E-state index < -0.39 is 35.9 Å². The topological polar surface area (TPSA) is 111 Å². The fraction of sp³-hybridized carbons (Fsp3) is 0.680. The molecule has 39 heavy (non-hydrogen) atoms. The van der Waals surface area contributed by atoms with Crippen molar-refractivity contribution in [2.75, 3.05) is 31.1 Å². The van der Waals surface area contributed by atoms with Crippen LogP contribution in [0.3, 0.4) is 0 Å². The number of amidine groups is 1. The number of aliphatic imine (C=N–C) groups is 1. The maximum Gasteiger partial charge on any atom is 0.417 e. The molecule has 8 nitrogen and oxygen atoms in total. The highest BCUT2D eigenvalue weighted by Crippen LogP contribution is 2.59. The Morgan fingerprint density at radius 3 is 2.38 bits per heavy atom. The van der Waals surface area contributed by atoms with Crippen LogP contribution in [0.5, 0.6) is 0 Å². The summed E-state index contributed by atoms with van der Waals surface area (Å²) >= 11 is 0. The van der Waals surface area contributed by atoms with Crippen molar-refractivity contribution >= 4 is 17.6 Å². The first-order valence-electron chi connectivity index (χ1n) is 12.9. The molecule has 3 unspecified atom stereocenters. The number of anilines is 1. The molecule has 1 aliphatic heterocycles. The summed E-state index contributed by atoms with van der Waals surface area (Å²) in [5.74, 6) is 0.504. The molecule has 6 rings (SSSR count). The lowest BCUT2D eigenvalue weighted by molar-refractivity contribution is -0.182. The van der Waals surface area contributed by atoms with E-state index in [-0.39, 0.29) is 55.1 Å². The number of rotatable bonds is 5. The van der Waals surface area contributed by atoms with Crippen molar-refractivity contribution in [3.05, 3.63) is 23.9 Å². The molecule has 1 aromatic heterocycles. The lowest BCUT2D eigenvalue weighted by atomic mass is 9.47. The van der Waals surface area contributed by atoms with Gasteiger partial charge in [0.15, 0.2) is 0 Å². The standard InChI is InChI=1S/C25H29F6N7O/c26-24(27,28)17-1-2-20(34-10-17)38-4-3-37(18(11-38)25(29,30)31)12-19(35-13-32)36-21-15-5-14-6-16(21)9-23(7-14,8-15)22(33)39/h1-2,10,14-16,18,21H,3-9,11-12H2,(H2,33,39)(H,35,36). The largest absolute Gasteiger partial charge is 0.417 e. The third-order valence-electron chi connectivity index (χ3n) is 8.94. The van der Waals surface area contributed by atoms with Crippen molar-refractivity contribution in [1.82, 2.24) is 15.2 Å². The fourth-order valence-corrected chi connectivity index (χ4v) is 7.39. The second-order valence-corrected chi connectivity index (χ2v) is 11.3. The number of alkyl halides is 6. The van der Waals surface area contributed by atoms with Crippen LogP contribution in [0.4, 0.5) is 32.2 Å². The molecule has 4 aliphatic carbocycles. The predicted molar refractivity (Wildman–Crippen MR) is 128 cm³/mol. The Balaban J connectivity index is 1.29. The number of piperazine rings is 1. The molecule has 5 aliphatic rings. The number of hydrogen-bond acceptors (Lipinski definition) is 6. The Kier molecular flexibility index (Phi) is 6.93. The molecule has 1 saturated heterocycles. The first kappa shape index (κ1) is 27.5. The first-order valence-corrected chi connectivity index (χ1v) is 12.9. The molecule has 1 aromatic rings. The number of pyridine rings is 1. The summed E-state index contributed by atoms with van der Waals surface area (Å²) in [6.07, 6.45) is -3.11. The monoisotopic (exact) mass is 557 g/mol. The van der Waals surface area contributed by atoms with Crippen molar-refractivity contribution in [1.29, 1.82) is 5.26 Å². The van der Waals surface area contributed by atoms with Gasteiger partial charge in [-0.15, -0.1) is 0 Å². The van der Waals surface area contributed by atoms with Gasteiger partial charge in [-0.05, 0) is 62.0 Å². The number of amides is 1. The molecule has 0 spiro atoms. The maximum atomic E-state index is 14.1. The molecular formula is C25H29F6N7O. The van der Waals surface area contributed by atoms with Crippen molar-refractivity contribution in [2.45, 2.75) is 56.5 Å². The summed E-state index contributed by atoms with van der Waals surface area (Å²) in [6.45, 7) is -0.739. The molecule has 212 valence electrons. The summed E-state index contributed by atoms with van der Waals surface area (Å²) in [7, 11) is 0. The number of hydrogen-bond donors (Lipinski definition) is 2.